The summed E-state index contributed by atoms with van der Waals surface area (Å²) in [5.74, 6) is 5.63. The molecule has 0 amide bonds. The molecule has 19 heavy (non-hydrogen) atoms. The fraction of sp³-hybridized carbons (Fsp3) is 0.600. The van der Waals surface area contributed by atoms with Gasteiger partial charge in [0.25, 0.3) is 0 Å². The van der Waals surface area contributed by atoms with Crippen LogP contribution in [-0.4, -0.2) is 0 Å². The number of hydrazine groups is 1. The monoisotopic (exact) mass is 302 g/mol. The third-order valence-corrected chi connectivity index (χ3v) is 3.95. The van der Waals surface area contributed by atoms with E-state index in [-0.39, 0.29) is 6.04 Å². The van der Waals surface area contributed by atoms with Gasteiger partial charge in [0.15, 0.2) is 0 Å². The fourth-order valence-corrected chi connectivity index (χ4v) is 2.78. The summed E-state index contributed by atoms with van der Waals surface area (Å²) in [6.45, 7) is 2.23. The molecular weight excluding hydrogens is 279 g/mol. The third-order valence-electron chi connectivity index (χ3n) is 3.39. The maximum atomic E-state index is 6.20. The lowest BCUT2D eigenvalue weighted by molar-refractivity contribution is 0.477. The molecule has 0 heterocycles. The van der Waals surface area contributed by atoms with Crippen molar-refractivity contribution in [1.29, 1.82) is 0 Å². The summed E-state index contributed by atoms with van der Waals surface area (Å²) in [7, 11) is 0. The zero-order valence-electron chi connectivity index (χ0n) is 11.6. The van der Waals surface area contributed by atoms with E-state index in [0.717, 1.165) is 18.4 Å². The van der Waals surface area contributed by atoms with Gasteiger partial charge in [-0.1, -0.05) is 74.7 Å². The first-order valence-electron chi connectivity index (χ1n) is 7.10. The molecule has 0 saturated carbocycles. The molecule has 0 saturated heterocycles. The molecule has 0 spiro atoms. The minimum absolute atomic E-state index is 0.107. The number of hydrogen-bond acceptors (Lipinski definition) is 2. The zero-order valence-corrected chi connectivity index (χ0v) is 13.1. The normalized spacial score (nSPS) is 12.6. The Morgan fingerprint density at radius 1 is 1.11 bits per heavy atom. The van der Waals surface area contributed by atoms with Gasteiger partial charge in [-0.3, -0.25) is 11.3 Å². The van der Waals surface area contributed by atoms with Crippen molar-refractivity contribution in [3.8, 4) is 0 Å². The number of halogens is 2. The summed E-state index contributed by atoms with van der Waals surface area (Å²) in [6, 6.07) is 5.68. The topological polar surface area (TPSA) is 38.0 Å². The molecule has 0 bridgehead atoms. The van der Waals surface area contributed by atoms with E-state index in [2.05, 4.69) is 12.3 Å². The molecule has 4 heteroatoms. The average molecular weight is 303 g/mol. The summed E-state index contributed by atoms with van der Waals surface area (Å²) in [5, 5.41) is 1.34. The van der Waals surface area contributed by atoms with Gasteiger partial charge < -0.3 is 0 Å². The van der Waals surface area contributed by atoms with Crippen LogP contribution in [0.3, 0.4) is 0 Å². The van der Waals surface area contributed by atoms with E-state index in [9.17, 15) is 0 Å². The van der Waals surface area contributed by atoms with Crippen molar-refractivity contribution in [3.63, 3.8) is 0 Å². The van der Waals surface area contributed by atoms with E-state index in [4.69, 9.17) is 29.0 Å². The molecule has 1 atom stereocenters. The Morgan fingerprint density at radius 2 is 1.79 bits per heavy atom. The highest BCUT2D eigenvalue weighted by Crippen LogP contribution is 2.28. The summed E-state index contributed by atoms with van der Waals surface area (Å²) in [6.07, 6.45) is 8.68. The van der Waals surface area contributed by atoms with Crippen molar-refractivity contribution in [2.45, 2.75) is 57.9 Å². The van der Waals surface area contributed by atoms with E-state index in [0.29, 0.717) is 10.0 Å². The number of hydrogen-bond donors (Lipinski definition) is 2. The Kier molecular flexibility index (Phi) is 8.47. The van der Waals surface area contributed by atoms with Crippen LogP contribution in [0.15, 0.2) is 18.2 Å². The minimum atomic E-state index is 0.107. The van der Waals surface area contributed by atoms with Gasteiger partial charge in [-0.25, -0.2) is 0 Å². The second kappa shape index (κ2) is 9.60. The Bertz CT molecular complexity index is 369. The molecule has 0 aliphatic carbocycles. The quantitative estimate of drug-likeness (QED) is 0.371. The Labute approximate surface area is 126 Å². The smallest absolute Gasteiger partial charge is 0.0474 e. The van der Waals surface area contributed by atoms with Crippen LogP contribution >= 0.6 is 23.2 Å². The van der Waals surface area contributed by atoms with E-state index in [1.807, 2.05) is 12.1 Å². The van der Waals surface area contributed by atoms with Gasteiger partial charge in [0.1, 0.15) is 0 Å². The molecule has 0 aromatic heterocycles. The van der Waals surface area contributed by atoms with Crippen LogP contribution in [0, 0.1) is 0 Å². The van der Waals surface area contributed by atoms with Crippen molar-refractivity contribution in [2.75, 3.05) is 0 Å². The van der Waals surface area contributed by atoms with Crippen molar-refractivity contribution >= 4 is 23.2 Å². The van der Waals surface area contributed by atoms with Crippen LogP contribution in [0.2, 0.25) is 10.0 Å². The van der Waals surface area contributed by atoms with Gasteiger partial charge in [-0.05, 0) is 24.1 Å². The Balaban J connectivity index is 2.40. The molecule has 1 aromatic rings. The van der Waals surface area contributed by atoms with Crippen LogP contribution in [0.4, 0.5) is 0 Å². The maximum absolute atomic E-state index is 6.20. The molecule has 0 fully saturated rings. The van der Waals surface area contributed by atoms with Crippen LogP contribution in [0.25, 0.3) is 0 Å². The summed E-state index contributed by atoms with van der Waals surface area (Å²) in [5.41, 5.74) is 3.88. The average Bonchev–Trinajstić information content (AvgIpc) is 2.39. The van der Waals surface area contributed by atoms with Gasteiger partial charge in [-0.15, -0.1) is 0 Å². The Morgan fingerprint density at radius 3 is 2.42 bits per heavy atom. The van der Waals surface area contributed by atoms with Crippen LogP contribution in [0.5, 0.6) is 0 Å². The summed E-state index contributed by atoms with van der Waals surface area (Å²) in [4.78, 5) is 0. The molecule has 2 nitrogen and oxygen atoms in total. The standard InChI is InChI=1S/C15H24Cl2N2/c1-2-3-4-5-6-7-8-15(19-18)13-10-9-12(16)11-14(13)17/h9-11,15,19H,2-8,18H2,1H3. The van der Waals surface area contributed by atoms with E-state index in [1.54, 1.807) is 6.07 Å². The number of benzene rings is 1. The molecule has 1 aromatic carbocycles. The highest BCUT2D eigenvalue weighted by atomic mass is 35.5. The predicted octanol–water partition coefficient (Wildman–Crippen LogP) is 5.25. The van der Waals surface area contributed by atoms with E-state index >= 15 is 0 Å². The first-order chi connectivity index (χ1) is 9.19. The van der Waals surface area contributed by atoms with Gasteiger partial charge in [-0.2, -0.15) is 0 Å². The summed E-state index contributed by atoms with van der Waals surface area (Å²) >= 11 is 12.1. The number of unbranched alkanes of at least 4 members (excludes halogenated alkanes) is 5. The van der Waals surface area contributed by atoms with Crippen molar-refractivity contribution < 1.29 is 0 Å². The molecule has 0 radical (unpaired) electrons. The first-order valence-corrected chi connectivity index (χ1v) is 7.85. The van der Waals surface area contributed by atoms with E-state index in [1.165, 1.54) is 32.1 Å². The van der Waals surface area contributed by atoms with Crippen LogP contribution in [0.1, 0.15) is 63.5 Å². The maximum Gasteiger partial charge on any atom is 0.0474 e. The van der Waals surface area contributed by atoms with Crippen molar-refractivity contribution in [2.24, 2.45) is 5.84 Å². The van der Waals surface area contributed by atoms with E-state index < -0.39 is 0 Å². The van der Waals surface area contributed by atoms with Gasteiger partial charge in [0.05, 0.1) is 0 Å². The highest BCUT2D eigenvalue weighted by Gasteiger charge is 2.13. The molecular formula is C15H24Cl2N2. The molecule has 3 N–H and O–H groups in total. The number of nitrogens with two attached hydrogens (primary N) is 1. The minimum Gasteiger partial charge on any atom is -0.271 e. The predicted molar refractivity (Wildman–Crippen MR) is 84.5 cm³/mol. The number of nitrogens with one attached hydrogen (secondary N) is 1. The SMILES string of the molecule is CCCCCCCCC(NN)c1ccc(Cl)cc1Cl. The molecule has 1 unspecified atom stereocenters. The van der Waals surface area contributed by atoms with Gasteiger partial charge in [0, 0.05) is 16.1 Å². The molecule has 0 aliphatic heterocycles. The van der Waals surface area contributed by atoms with Crippen LogP contribution < -0.4 is 11.3 Å². The molecule has 0 aliphatic rings. The molecule has 108 valence electrons. The first kappa shape index (κ1) is 16.8. The molecule has 1 rings (SSSR count). The van der Waals surface area contributed by atoms with Gasteiger partial charge in [0.2, 0.25) is 0 Å². The largest absolute Gasteiger partial charge is 0.271 e. The lowest BCUT2D eigenvalue weighted by Crippen LogP contribution is -2.28. The third kappa shape index (κ3) is 6.13. The van der Waals surface area contributed by atoms with Crippen LogP contribution in [-0.2, 0) is 0 Å². The lowest BCUT2D eigenvalue weighted by Gasteiger charge is -2.17. The number of rotatable bonds is 9. The fourth-order valence-electron chi connectivity index (χ4n) is 2.24. The van der Waals surface area contributed by atoms with Crippen molar-refractivity contribution in [3.05, 3.63) is 33.8 Å². The highest BCUT2D eigenvalue weighted by molar-refractivity contribution is 6.35. The summed E-state index contributed by atoms with van der Waals surface area (Å²) < 4.78 is 0. The lowest BCUT2D eigenvalue weighted by atomic mass is 10.00. The second-order valence-electron chi connectivity index (χ2n) is 4.94. The van der Waals surface area contributed by atoms with Crippen molar-refractivity contribution in [1.82, 2.24) is 5.43 Å². The Hall–Kier alpha value is -0.280. The zero-order chi connectivity index (χ0) is 14.1. The second-order valence-corrected chi connectivity index (χ2v) is 5.79. The van der Waals surface area contributed by atoms with Gasteiger partial charge >= 0.3 is 0 Å².